The van der Waals surface area contributed by atoms with Crippen LogP contribution in [0, 0.1) is 16.7 Å². The zero-order chi connectivity index (χ0) is 16.0. The Balaban J connectivity index is 2.08. The molecule has 1 fully saturated rings. The van der Waals surface area contributed by atoms with E-state index in [-0.39, 0.29) is 5.41 Å². The highest BCUT2D eigenvalue weighted by Crippen LogP contribution is 2.48. The molecule has 0 spiro atoms. The third-order valence-electron chi connectivity index (χ3n) is 3.77. The Kier molecular flexibility index (Phi) is 3.50. The van der Waals surface area contributed by atoms with Gasteiger partial charge in [-0.15, -0.1) is 0 Å². The third kappa shape index (κ3) is 2.62. The Bertz CT molecular complexity index is 770. The van der Waals surface area contributed by atoms with Gasteiger partial charge in [0.1, 0.15) is 11.8 Å². The summed E-state index contributed by atoms with van der Waals surface area (Å²) in [4.78, 5) is 4.04. The second kappa shape index (κ2) is 5.11. The van der Waals surface area contributed by atoms with Gasteiger partial charge in [-0.2, -0.15) is 5.26 Å². The van der Waals surface area contributed by atoms with Crippen molar-refractivity contribution >= 4 is 27.4 Å². The van der Waals surface area contributed by atoms with Crippen LogP contribution < -0.4 is 9.03 Å². The second-order valence-electron chi connectivity index (χ2n) is 6.22. The second-order valence-corrected chi connectivity index (χ2v) is 7.98. The van der Waals surface area contributed by atoms with E-state index in [2.05, 4.69) is 29.6 Å². The number of hydrogen-bond donors (Lipinski definition) is 3. The number of hydrogen-bond acceptors (Lipinski definition) is 6. The van der Waals surface area contributed by atoms with Crippen LogP contribution >= 0.6 is 11.0 Å². The lowest BCUT2D eigenvalue weighted by Crippen LogP contribution is -2.52. The predicted octanol–water partition coefficient (Wildman–Crippen LogP) is 3.12. The lowest BCUT2D eigenvalue weighted by atomic mass is 9.93. The molecule has 0 atom stereocenters. The molecule has 1 aliphatic heterocycles. The van der Waals surface area contributed by atoms with Gasteiger partial charge >= 0.3 is 0 Å². The molecule has 0 aliphatic carbocycles. The van der Waals surface area contributed by atoms with Crippen LogP contribution in [0.2, 0.25) is 0 Å². The van der Waals surface area contributed by atoms with E-state index < -0.39 is 11.0 Å². The first-order chi connectivity index (χ1) is 10.3. The van der Waals surface area contributed by atoms with E-state index in [1.54, 1.807) is 22.6 Å². The molecule has 0 unspecified atom stereocenters. The summed E-state index contributed by atoms with van der Waals surface area (Å²) in [5.74, 6) is 0. The Morgan fingerprint density at radius 2 is 2.14 bits per heavy atom. The SMILES string of the molecule is CC1(C)CNS(O)(O)N(c2ccc3c(C#N)nccc3c2)C1. The molecule has 1 aliphatic rings. The molecular weight excluding hydrogens is 300 g/mol. The number of fused-ring (bicyclic) bond motifs is 1. The lowest BCUT2D eigenvalue weighted by Gasteiger charge is -2.52. The highest BCUT2D eigenvalue weighted by molar-refractivity contribution is 8.23. The number of nitriles is 1. The van der Waals surface area contributed by atoms with Crippen LogP contribution in [0.1, 0.15) is 19.5 Å². The molecule has 22 heavy (non-hydrogen) atoms. The predicted molar refractivity (Wildman–Crippen MR) is 88.4 cm³/mol. The molecule has 6 nitrogen and oxygen atoms in total. The van der Waals surface area contributed by atoms with Crippen molar-refractivity contribution in [3.63, 3.8) is 0 Å². The monoisotopic (exact) mass is 318 g/mol. The minimum Gasteiger partial charge on any atom is -0.269 e. The molecule has 1 saturated heterocycles. The number of anilines is 1. The molecular formula is C15H18N4O2S. The maximum absolute atomic E-state index is 10.3. The number of nitrogens with one attached hydrogen (secondary N) is 1. The smallest absolute Gasteiger partial charge is 0.148 e. The number of pyridine rings is 1. The molecule has 2 heterocycles. The van der Waals surface area contributed by atoms with E-state index in [9.17, 15) is 9.11 Å². The summed E-state index contributed by atoms with van der Waals surface area (Å²) in [6, 6.07) is 9.33. The fourth-order valence-corrected chi connectivity index (χ4v) is 4.23. The summed E-state index contributed by atoms with van der Waals surface area (Å²) < 4.78 is 25.0. The largest absolute Gasteiger partial charge is 0.269 e. The van der Waals surface area contributed by atoms with E-state index >= 15 is 0 Å². The van der Waals surface area contributed by atoms with Gasteiger partial charge in [0.2, 0.25) is 0 Å². The molecule has 2 aromatic rings. The topological polar surface area (TPSA) is 92.4 Å². The lowest BCUT2D eigenvalue weighted by molar-refractivity contribution is 0.332. The van der Waals surface area contributed by atoms with Gasteiger partial charge in [0, 0.05) is 24.7 Å². The highest BCUT2D eigenvalue weighted by Gasteiger charge is 2.36. The van der Waals surface area contributed by atoms with Gasteiger partial charge in [-0.25, -0.2) is 9.71 Å². The number of nitrogens with zero attached hydrogens (tertiary/aromatic N) is 3. The van der Waals surface area contributed by atoms with Crippen LogP contribution in [0.3, 0.4) is 0 Å². The fraction of sp³-hybridized carbons (Fsp3) is 0.333. The summed E-state index contributed by atoms with van der Waals surface area (Å²) >= 11 is 0. The van der Waals surface area contributed by atoms with Gasteiger partial charge in [0.25, 0.3) is 0 Å². The van der Waals surface area contributed by atoms with Gasteiger partial charge in [-0.3, -0.25) is 13.4 Å². The van der Waals surface area contributed by atoms with Gasteiger partial charge in [-0.1, -0.05) is 24.8 Å². The van der Waals surface area contributed by atoms with Crippen molar-refractivity contribution in [1.29, 1.82) is 5.26 Å². The standard InChI is InChI=1S/C15H18N4O2S/c1-15(2)9-18-22(20,21)19(10-15)12-3-4-13-11(7-12)5-6-17-14(13)8-16/h3-7,18,20-21H,9-10H2,1-2H3. The van der Waals surface area contributed by atoms with E-state index in [0.29, 0.717) is 24.5 Å². The van der Waals surface area contributed by atoms with Crippen molar-refractivity contribution in [3.8, 4) is 6.07 Å². The van der Waals surface area contributed by atoms with Crippen molar-refractivity contribution in [2.24, 2.45) is 5.41 Å². The maximum Gasteiger partial charge on any atom is 0.148 e. The quantitative estimate of drug-likeness (QED) is 0.748. The minimum absolute atomic E-state index is 0.0764. The van der Waals surface area contributed by atoms with Crippen LogP contribution in [0.4, 0.5) is 5.69 Å². The van der Waals surface area contributed by atoms with E-state index in [1.165, 1.54) is 0 Å². The molecule has 116 valence electrons. The molecule has 3 N–H and O–H groups in total. The van der Waals surface area contributed by atoms with Crippen molar-refractivity contribution in [2.75, 3.05) is 17.4 Å². The van der Waals surface area contributed by atoms with Crippen LogP contribution in [0.5, 0.6) is 0 Å². The molecule has 0 saturated carbocycles. The third-order valence-corrected chi connectivity index (χ3v) is 5.25. The van der Waals surface area contributed by atoms with Crippen LogP contribution in [-0.2, 0) is 0 Å². The van der Waals surface area contributed by atoms with Crippen molar-refractivity contribution < 1.29 is 9.11 Å². The summed E-state index contributed by atoms with van der Waals surface area (Å²) in [5, 5.41) is 10.7. The van der Waals surface area contributed by atoms with Gasteiger partial charge in [0.15, 0.2) is 0 Å². The average Bonchev–Trinajstić information content (AvgIpc) is 2.49. The molecule has 1 aromatic carbocycles. The average molecular weight is 318 g/mol. The van der Waals surface area contributed by atoms with Gasteiger partial charge in [0.05, 0.1) is 5.69 Å². The van der Waals surface area contributed by atoms with Gasteiger partial charge in [-0.05, 0) is 35.1 Å². The Hall–Kier alpha value is -1.85. The Morgan fingerprint density at radius 3 is 2.86 bits per heavy atom. The summed E-state index contributed by atoms with van der Waals surface area (Å²) in [6.07, 6.45) is 1.58. The van der Waals surface area contributed by atoms with Crippen LogP contribution in [-0.4, -0.2) is 27.2 Å². The highest BCUT2D eigenvalue weighted by atomic mass is 32.3. The van der Waals surface area contributed by atoms with E-state index in [1.807, 2.05) is 12.1 Å². The molecule has 0 radical (unpaired) electrons. The van der Waals surface area contributed by atoms with Crippen LogP contribution in [0.15, 0.2) is 30.5 Å². The van der Waals surface area contributed by atoms with Crippen molar-refractivity contribution in [2.45, 2.75) is 13.8 Å². The zero-order valence-electron chi connectivity index (χ0n) is 12.4. The number of rotatable bonds is 1. The molecule has 0 amide bonds. The summed E-state index contributed by atoms with van der Waals surface area (Å²) in [5.41, 5.74) is 1.00. The Morgan fingerprint density at radius 1 is 1.36 bits per heavy atom. The van der Waals surface area contributed by atoms with Crippen LogP contribution in [0.25, 0.3) is 10.8 Å². The summed E-state index contributed by atoms with van der Waals surface area (Å²) in [6.45, 7) is 5.22. The number of aromatic nitrogens is 1. The number of benzene rings is 1. The first-order valence-electron chi connectivity index (χ1n) is 6.92. The fourth-order valence-electron chi connectivity index (χ4n) is 2.55. The molecule has 0 bridgehead atoms. The summed E-state index contributed by atoms with van der Waals surface area (Å²) in [7, 11) is -3.03. The molecule has 1 aromatic heterocycles. The first-order valence-corrected chi connectivity index (χ1v) is 8.42. The van der Waals surface area contributed by atoms with Gasteiger partial charge < -0.3 is 0 Å². The Labute approximate surface area is 131 Å². The molecule has 3 rings (SSSR count). The van der Waals surface area contributed by atoms with E-state index in [0.717, 1.165) is 10.8 Å². The zero-order valence-corrected chi connectivity index (χ0v) is 13.3. The minimum atomic E-state index is -3.03. The normalized spacial score (nSPS) is 21.3. The molecule has 7 heteroatoms. The first kappa shape index (κ1) is 15.1. The van der Waals surface area contributed by atoms with E-state index in [4.69, 9.17) is 5.26 Å². The maximum atomic E-state index is 10.3. The van der Waals surface area contributed by atoms with Crippen molar-refractivity contribution in [3.05, 3.63) is 36.2 Å². The van der Waals surface area contributed by atoms with Crippen molar-refractivity contribution in [1.82, 2.24) is 9.71 Å².